The van der Waals surface area contributed by atoms with Gasteiger partial charge in [-0.2, -0.15) is 13.2 Å². The maximum atomic E-state index is 12.7. The van der Waals surface area contributed by atoms with Gasteiger partial charge in [0.1, 0.15) is 5.82 Å². The molecule has 0 aliphatic heterocycles. The van der Waals surface area contributed by atoms with Crippen molar-refractivity contribution in [2.24, 2.45) is 0 Å². The standard InChI is InChI=1S/C14H11F4NS/c15-11-3-5-12(6-4-11)19-9-10-1-7-13(8-2-10)20-14(16,17)18/h1-8,19H,9H2. The maximum absolute atomic E-state index is 12.7. The van der Waals surface area contributed by atoms with Crippen molar-refractivity contribution in [1.29, 1.82) is 0 Å². The number of halogens is 4. The molecule has 0 spiro atoms. The van der Waals surface area contributed by atoms with Crippen molar-refractivity contribution in [3.63, 3.8) is 0 Å². The molecule has 20 heavy (non-hydrogen) atoms. The van der Waals surface area contributed by atoms with Gasteiger partial charge in [0.15, 0.2) is 0 Å². The Morgan fingerprint density at radius 3 is 2.05 bits per heavy atom. The van der Waals surface area contributed by atoms with Crippen LogP contribution >= 0.6 is 11.8 Å². The van der Waals surface area contributed by atoms with Gasteiger partial charge in [-0.3, -0.25) is 0 Å². The zero-order chi connectivity index (χ0) is 14.6. The lowest BCUT2D eigenvalue weighted by atomic mass is 10.2. The molecule has 106 valence electrons. The summed E-state index contributed by atoms with van der Waals surface area (Å²) in [5, 5.41) is 3.06. The highest BCUT2D eigenvalue weighted by Crippen LogP contribution is 2.36. The molecule has 0 atom stereocenters. The van der Waals surface area contributed by atoms with E-state index in [1.807, 2.05) is 0 Å². The van der Waals surface area contributed by atoms with E-state index in [9.17, 15) is 17.6 Å². The first-order chi connectivity index (χ1) is 9.42. The number of hydrogen-bond acceptors (Lipinski definition) is 2. The van der Waals surface area contributed by atoms with Crippen molar-refractivity contribution in [2.75, 3.05) is 5.32 Å². The lowest BCUT2D eigenvalue weighted by Gasteiger charge is -2.08. The van der Waals surface area contributed by atoms with Gasteiger partial charge < -0.3 is 5.32 Å². The zero-order valence-electron chi connectivity index (χ0n) is 10.2. The Balaban J connectivity index is 1.92. The first-order valence-corrected chi connectivity index (χ1v) is 6.58. The largest absolute Gasteiger partial charge is 0.446 e. The molecule has 0 radical (unpaired) electrons. The van der Waals surface area contributed by atoms with E-state index in [2.05, 4.69) is 5.32 Å². The molecule has 0 saturated heterocycles. The van der Waals surface area contributed by atoms with Gasteiger partial charge in [-0.05, 0) is 53.7 Å². The predicted molar refractivity (Wildman–Crippen MR) is 72.1 cm³/mol. The van der Waals surface area contributed by atoms with Gasteiger partial charge in [-0.1, -0.05) is 12.1 Å². The number of rotatable bonds is 4. The summed E-state index contributed by atoms with van der Waals surface area (Å²) in [4.78, 5) is 0.156. The van der Waals surface area contributed by atoms with E-state index in [1.165, 1.54) is 24.3 Å². The van der Waals surface area contributed by atoms with Crippen molar-refractivity contribution in [2.45, 2.75) is 16.9 Å². The van der Waals surface area contributed by atoms with Gasteiger partial charge in [0, 0.05) is 17.1 Å². The molecule has 1 N–H and O–H groups in total. The Morgan fingerprint density at radius 1 is 0.900 bits per heavy atom. The average Bonchev–Trinajstić information content (AvgIpc) is 2.38. The number of alkyl halides is 3. The Bertz CT molecular complexity index is 549. The highest BCUT2D eigenvalue weighted by atomic mass is 32.2. The minimum absolute atomic E-state index is 0.137. The molecule has 0 bridgehead atoms. The van der Waals surface area contributed by atoms with Crippen molar-refractivity contribution < 1.29 is 17.6 Å². The summed E-state index contributed by atoms with van der Waals surface area (Å²) in [5.74, 6) is -0.316. The molecule has 0 unspecified atom stereocenters. The maximum Gasteiger partial charge on any atom is 0.446 e. The van der Waals surface area contributed by atoms with Gasteiger partial charge in [0.2, 0.25) is 0 Å². The molecule has 0 aliphatic carbocycles. The second-order valence-corrected chi connectivity index (χ2v) is 5.19. The number of anilines is 1. The molecule has 2 aromatic carbocycles. The minimum atomic E-state index is -4.27. The van der Waals surface area contributed by atoms with Crippen molar-refractivity contribution >= 4 is 17.4 Å². The van der Waals surface area contributed by atoms with Crippen molar-refractivity contribution in [3.05, 3.63) is 59.9 Å². The molecule has 0 heterocycles. The molecule has 2 aromatic rings. The van der Waals surface area contributed by atoms with E-state index in [-0.39, 0.29) is 22.5 Å². The first-order valence-electron chi connectivity index (χ1n) is 5.76. The second-order valence-electron chi connectivity index (χ2n) is 4.05. The molecule has 2 rings (SSSR count). The van der Waals surface area contributed by atoms with E-state index in [1.54, 1.807) is 24.3 Å². The molecule has 0 aliphatic rings. The number of thioether (sulfide) groups is 1. The topological polar surface area (TPSA) is 12.0 Å². The van der Waals surface area contributed by atoms with Gasteiger partial charge in [0.25, 0.3) is 0 Å². The molecule has 0 amide bonds. The van der Waals surface area contributed by atoms with Crippen LogP contribution in [0.2, 0.25) is 0 Å². The third-order valence-electron chi connectivity index (χ3n) is 2.50. The Kier molecular flexibility index (Phi) is 4.54. The zero-order valence-corrected chi connectivity index (χ0v) is 11.1. The number of nitrogens with one attached hydrogen (secondary N) is 1. The molecule has 0 fully saturated rings. The predicted octanol–water partition coefficient (Wildman–Crippen LogP) is 5.05. The van der Waals surface area contributed by atoms with Crippen LogP contribution in [0.5, 0.6) is 0 Å². The normalized spacial score (nSPS) is 11.4. The van der Waals surface area contributed by atoms with E-state index < -0.39 is 5.51 Å². The van der Waals surface area contributed by atoms with Gasteiger partial charge in [-0.25, -0.2) is 4.39 Å². The Morgan fingerprint density at radius 2 is 1.50 bits per heavy atom. The van der Waals surface area contributed by atoms with Crippen molar-refractivity contribution in [1.82, 2.24) is 0 Å². The van der Waals surface area contributed by atoms with Crippen LogP contribution in [0.1, 0.15) is 5.56 Å². The van der Waals surface area contributed by atoms with Gasteiger partial charge in [0.05, 0.1) is 0 Å². The monoisotopic (exact) mass is 301 g/mol. The molecule has 6 heteroatoms. The summed E-state index contributed by atoms with van der Waals surface area (Å²) >= 11 is -0.137. The van der Waals surface area contributed by atoms with Crippen LogP contribution in [0.3, 0.4) is 0 Å². The quantitative estimate of drug-likeness (QED) is 0.626. The fourth-order valence-electron chi connectivity index (χ4n) is 1.58. The van der Waals surface area contributed by atoms with Crippen LogP contribution in [-0.4, -0.2) is 5.51 Å². The molecular weight excluding hydrogens is 290 g/mol. The van der Waals surface area contributed by atoms with Crippen LogP contribution in [-0.2, 0) is 6.54 Å². The summed E-state index contributed by atoms with van der Waals surface area (Å²) in [6.07, 6.45) is 0. The van der Waals surface area contributed by atoms with E-state index in [0.717, 1.165) is 11.3 Å². The minimum Gasteiger partial charge on any atom is -0.381 e. The Labute approximate surface area is 118 Å². The number of benzene rings is 2. The SMILES string of the molecule is Fc1ccc(NCc2ccc(SC(F)(F)F)cc2)cc1. The van der Waals surface area contributed by atoms with Crippen LogP contribution in [0.4, 0.5) is 23.2 Å². The van der Waals surface area contributed by atoms with Crippen LogP contribution in [0.15, 0.2) is 53.4 Å². The highest BCUT2D eigenvalue weighted by Gasteiger charge is 2.28. The summed E-state index contributed by atoms with van der Waals surface area (Å²) in [6.45, 7) is 0.461. The van der Waals surface area contributed by atoms with Gasteiger partial charge >= 0.3 is 5.51 Å². The number of hydrogen-bond donors (Lipinski definition) is 1. The molecule has 1 nitrogen and oxygen atoms in total. The summed E-state index contributed by atoms with van der Waals surface area (Å²) < 4.78 is 49.2. The lowest BCUT2D eigenvalue weighted by molar-refractivity contribution is -0.0328. The highest BCUT2D eigenvalue weighted by molar-refractivity contribution is 8.00. The summed E-state index contributed by atoms with van der Waals surface area (Å²) in [6, 6.07) is 12.0. The lowest BCUT2D eigenvalue weighted by Crippen LogP contribution is -2.00. The molecule has 0 aromatic heterocycles. The van der Waals surface area contributed by atoms with Crippen LogP contribution in [0, 0.1) is 5.82 Å². The van der Waals surface area contributed by atoms with E-state index in [4.69, 9.17) is 0 Å². The van der Waals surface area contributed by atoms with E-state index in [0.29, 0.717) is 6.54 Å². The van der Waals surface area contributed by atoms with E-state index >= 15 is 0 Å². The average molecular weight is 301 g/mol. The molecular formula is C14H11F4NS. The van der Waals surface area contributed by atoms with Crippen molar-refractivity contribution in [3.8, 4) is 0 Å². The fourth-order valence-corrected chi connectivity index (χ4v) is 2.12. The van der Waals surface area contributed by atoms with Crippen LogP contribution in [0.25, 0.3) is 0 Å². The first kappa shape index (κ1) is 14.7. The summed E-state index contributed by atoms with van der Waals surface area (Å²) in [7, 11) is 0. The molecule has 0 saturated carbocycles. The third-order valence-corrected chi connectivity index (χ3v) is 3.24. The fraction of sp³-hybridized carbons (Fsp3) is 0.143. The van der Waals surface area contributed by atoms with Gasteiger partial charge in [-0.15, -0.1) is 0 Å². The Hall–Kier alpha value is -1.69. The summed E-state index contributed by atoms with van der Waals surface area (Å²) in [5.41, 5.74) is -2.67. The second kappa shape index (κ2) is 6.17. The van der Waals surface area contributed by atoms with Crippen LogP contribution < -0.4 is 5.32 Å². The third kappa shape index (κ3) is 4.77. The smallest absolute Gasteiger partial charge is 0.381 e.